The first-order valence-corrected chi connectivity index (χ1v) is 9.07. The largest absolute Gasteiger partial charge is 0.493 e. The molecule has 0 aliphatic heterocycles. The van der Waals surface area contributed by atoms with Crippen molar-refractivity contribution in [3.8, 4) is 17.6 Å². The third-order valence-corrected chi connectivity index (χ3v) is 4.46. The maximum atomic E-state index is 12.2. The molecule has 1 heterocycles. The van der Waals surface area contributed by atoms with E-state index in [1.165, 1.54) is 25.3 Å². The summed E-state index contributed by atoms with van der Waals surface area (Å²) in [6.45, 7) is 4.62. The van der Waals surface area contributed by atoms with Crippen molar-refractivity contribution < 1.29 is 14.3 Å². The number of hydrogen-bond donors (Lipinski definition) is 0. The van der Waals surface area contributed by atoms with Crippen LogP contribution in [-0.2, 0) is 11.3 Å². The number of carbonyl (C=O) groups is 1. The summed E-state index contributed by atoms with van der Waals surface area (Å²) in [5.74, 6) is -0.409. The molecule has 0 amide bonds. The molecule has 142 valence electrons. The number of unbranched alkanes of at least 4 members (excludes halogenated alkanes) is 1. The summed E-state index contributed by atoms with van der Waals surface area (Å²) < 4.78 is 12.1. The van der Waals surface area contributed by atoms with Gasteiger partial charge in [-0.3, -0.25) is 4.68 Å². The minimum Gasteiger partial charge on any atom is -0.493 e. The highest BCUT2D eigenvalue weighted by molar-refractivity contribution is 6.32. The molecule has 0 bridgehead atoms. The number of aryl methyl sites for hydroxylation is 2. The molecule has 0 aliphatic rings. The quantitative estimate of drug-likeness (QED) is 0.374. The summed E-state index contributed by atoms with van der Waals surface area (Å²) >= 11 is 12.4. The fourth-order valence-corrected chi connectivity index (χ4v) is 2.95. The summed E-state index contributed by atoms with van der Waals surface area (Å²) in [6.07, 6.45) is 4.79. The number of benzene rings is 1. The number of halogens is 2. The van der Waals surface area contributed by atoms with Crippen LogP contribution in [0.25, 0.3) is 6.08 Å². The lowest BCUT2D eigenvalue weighted by molar-refractivity contribution is -0.129. The zero-order valence-corrected chi connectivity index (χ0v) is 16.8. The third kappa shape index (κ3) is 5.03. The molecule has 0 unspecified atom stereocenters. The highest BCUT2D eigenvalue weighted by Crippen LogP contribution is 2.36. The molecule has 2 rings (SSSR count). The average Bonchev–Trinajstić information content (AvgIpc) is 2.92. The van der Waals surface area contributed by atoms with Gasteiger partial charge in [-0.25, -0.2) is 4.79 Å². The standard InChI is InChI=1S/C19H19Cl2N3O3/c1-4-5-8-24-19(21)14(12(2)23-24)6-7-17(25)27-18-15(20)9-13(11-22)10-16(18)26-3/h6-7,9-10H,4-5,8H2,1-3H3. The smallest absolute Gasteiger partial charge is 0.336 e. The molecule has 0 fully saturated rings. The molecular weight excluding hydrogens is 389 g/mol. The maximum absolute atomic E-state index is 12.2. The summed E-state index contributed by atoms with van der Waals surface area (Å²) in [6, 6.07) is 4.80. The van der Waals surface area contributed by atoms with Gasteiger partial charge in [-0.1, -0.05) is 36.5 Å². The summed E-state index contributed by atoms with van der Waals surface area (Å²) in [5.41, 5.74) is 1.67. The molecular formula is C19H19Cl2N3O3. The number of esters is 1. The zero-order chi connectivity index (χ0) is 20.0. The molecule has 0 spiro atoms. The zero-order valence-electron chi connectivity index (χ0n) is 15.3. The number of carbonyl (C=O) groups excluding carboxylic acids is 1. The van der Waals surface area contributed by atoms with Gasteiger partial charge in [0.25, 0.3) is 0 Å². The molecule has 1 aromatic carbocycles. The highest BCUT2D eigenvalue weighted by Gasteiger charge is 2.16. The molecule has 0 atom stereocenters. The Hall–Kier alpha value is -2.49. The number of aromatic nitrogens is 2. The van der Waals surface area contributed by atoms with Crippen LogP contribution in [0.15, 0.2) is 18.2 Å². The second-order valence-corrected chi connectivity index (χ2v) is 6.49. The normalized spacial score (nSPS) is 10.8. The minimum atomic E-state index is -0.656. The van der Waals surface area contributed by atoms with Crippen LogP contribution in [0.5, 0.6) is 11.5 Å². The Bertz CT molecular complexity index is 914. The molecule has 0 radical (unpaired) electrons. The lowest BCUT2D eigenvalue weighted by atomic mass is 10.2. The van der Waals surface area contributed by atoms with Crippen LogP contribution in [0.4, 0.5) is 0 Å². The first-order chi connectivity index (χ1) is 12.9. The summed E-state index contributed by atoms with van der Waals surface area (Å²) in [5, 5.41) is 13.9. The van der Waals surface area contributed by atoms with E-state index in [2.05, 4.69) is 12.0 Å². The second-order valence-electron chi connectivity index (χ2n) is 5.72. The van der Waals surface area contributed by atoms with Gasteiger partial charge in [0, 0.05) is 24.3 Å². The topological polar surface area (TPSA) is 77.1 Å². The van der Waals surface area contributed by atoms with Crippen molar-refractivity contribution in [2.75, 3.05) is 7.11 Å². The third-order valence-electron chi connectivity index (χ3n) is 3.78. The van der Waals surface area contributed by atoms with Gasteiger partial charge in [0.2, 0.25) is 0 Å². The van der Waals surface area contributed by atoms with Crippen molar-refractivity contribution in [2.24, 2.45) is 0 Å². The van der Waals surface area contributed by atoms with E-state index in [0.717, 1.165) is 12.8 Å². The van der Waals surface area contributed by atoms with Crippen LogP contribution >= 0.6 is 23.2 Å². The first kappa shape index (κ1) is 20.8. The minimum absolute atomic E-state index is 0.0503. The number of rotatable bonds is 7. The van der Waals surface area contributed by atoms with E-state index in [1.54, 1.807) is 10.8 Å². The van der Waals surface area contributed by atoms with Crippen molar-refractivity contribution in [3.05, 3.63) is 45.2 Å². The lowest BCUT2D eigenvalue weighted by Crippen LogP contribution is -2.06. The number of nitriles is 1. The SMILES string of the molecule is CCCCn1nc(C)c(C=CC(=O)Oc2c(Cl)cc(C#N)cc2OC)c1Cl. The lowest BCUT2D eigenvalue weighted by Gasteiger charge is -2.10. The van der Waals surface area contributed by atoms with Crippen molar-refractivity contribution in [3.63, 3.8) is 0 Å². The van der Waals surface area contributed by atoms with E-state index < -0.39 is 5.97 Å². The van der Waals surface area contributed by atoms with Gasteiger partial charge in [0.1, 0.15) is 5.15 Å². The Kier molecular flexibility index (Phi) is 7.28. The Morgan fingerprint density at radius 3 is 2.78 bits per heavy atom. The van der Waals surface area contributed by atoms with Crippen molar-refractivity contribution in [2.45, 2.75) is 33.2 Å². The predicted octanol–water partition coefficient (Wildman–Crippen LogP) is 4.80. The maximum Gasteiger partial charge on any atom is 0.336 e. The van der Waals surface area contributed by atoms with Crippen molar-refractivity contribution >= 4 is 35.2 Å². The highest BCUT2D eigenvalue weighted by atomic mass is 35.5. The molecule has 27 heavy (non-hydrogen) atoms. The van der Waals surface area contributed by atoms with Gasteiger partial charge in [-0.15, -0.1) is 0 Å². The molecule has 8 heteroatoms. The Labute approximate surface area is 167 Å². The van der Waals surface area contributed by atoms with Crippen LogP contribution in [0.1, 0.15) is 36.6 Å². The van der Waals surface area contributed by atoms with Gasteiger partial charge in [-0.2, -0.15) is 10.4 Å². The van der Waals surface area contributed by atoms with Crippen LogP contribution in [0, 0.1) is 18.3 Å². The van der Waals surface area contributed by atoms with E-state index in [-0.39, 0.29) is 16.5 Å². The summed E-state index contributed by atoms with van der Waals surface area (Å²) in [4.78, 5) is 12.2. The Balaban J connectivity index is 2.20. The van der Waals surface area contributed by atoms with E-state index in [0.29, 0.717) is 28.5 Å². The van der Waals surface area contributed by atoms with Crippen molar-refractivity contribution in [1.29, 1.82) is 5.26 Å². The van der Waals surface area contributed by atoms with E-state index in [9.17, 15) is 4.79 Å². The summed E-state index contributed by atoms with van der Waals surface area (Å²) in [7, 11) is 1.40. The molecule has 0 saturated heterocycles. The second kappa shape index (κ2) is 9.45. The van der Waals surface area contributed by atoms with Crippen LogP contribution in [0.3, 0.4) is 0 Å². The van der Waals surface area contributed by atoms with E-state index in [4.69, 9.17) is 37.9 Å². The molecule has 2 aromatic rings. The fraction of sp³-hybridized carbons (Fsp3) is 0.316. The first-order valence-electron chi connectivity index (χ1n) is 8.31. The average molecular weight is 408 g/mol. The van der Waals surface area contributed by atoms with E-state index in [1.807, 2.05) is 13.0 Å². The number of methoxy groups -OCH3 is 1. The predicted molar refractivity (Wildman–Crippen MR) is 104 cm³/mol. The monoisotopic (exact) mass is 407 g/mol. The Morgan fingerprint density at radius 1 is 1.41 bits per heavy atom. The fourth-order valence-electron chi connectivity index (χ4n) is 2.38. The molecule has 0 saturated carbocycles. The van der Waals surface area contributed by atoms with Gasteiger partial charge < -0.3 is 9.47 Å². The van der Waals surface area contributed by atoms with Crippen LogP contribution in [0.2, 0.25) is 10.2 Å². The number of nitrogens with zero attached hydrogens (tertiary/aromatic N) is 3. The van der Waals surface area contributed by atoms with Crippen LogP contribution < -0.4 is 9.47 Å². The van der Waals surface area contributed by atoms with Gasteiger partial charge in [-0.05, 0) is 25.5 Å². The van der Waals surface area contributed by atoms with Gasteiger partial charge >= 0.3 is 5.97 Å². The Morgan fingerprint density at radius 2 is 2.15 bits per heavy atom. The molecule has 1 aromatic heterocycles. The van der Waals surface area contributed by atoms with Crippen LogP contribution in [-0.4, -0.2) is 22.9 Å². The molecule has 0 aliphatic carbocycles. The van der Waals surface area contributed by atoms with E-state index >= 15 is 0 Å². The molecule has 0 N–H and O–H groups in total. The van der Waals surface area contributed by atoms with Gasteiger partial charge in [0.05, 0.1) is 29.5 Å². The molecule has 6 nitrogen and oxygen atoms in total. The van der Waals surface area contributed by atoms with Crippen molar-refractivity contribution in [1.82, 2.24) is 9.78 Å². The number of ether oxygens (including phenoxy) is 2. The number of hydrogen-bond acceptors (Lipinski definition) is 5. The van der Waals surface area contributed by atoms with Gasteiger partial charge in [0.15, 0.2) is 11.5 Å².